The summed E-state index contributed by atoms with van der Waals surface area (Å²) in [4.78, 5) is 24.4. The SMILES string of the molecule is O=C(CSc1nnc(NC(=O)c2ccccc2Br)s1)c1ccc(Cl)cc1. The van der Waals surface area contributed by atoms with Crippen molar-refractivity contribution in [3.8, 4) is 0 Å². The van der Waals surface area contributed by atoms with Crippen LogP contribution in [0, 0.1) is 0 Å². The van der Waals surface area contributed by atoms with Gasteiger partial charge in [-0.15, -0.1) is 10.2 Å². The van der Waals surface area contributed by atoms with E-state index in [1.165, 1.54) is 23.1 Å². The fourth-order valence-electron chi connectivity index (χ4n) is 1.97. The molecule has 0 unspecified atom stereocenters. The number of ketones is 1. The number of hydrogen-bond donors (Lipinski definition) is 1. The number of nitrogens with one attached hydrogen (secondary N) is 1. The van der Waals surface area contributed by atoms with E-state index in [1.807, 2.05) is 6.07 Å². The molecule has 0 radical (unpaired) electrons. The number of rotatable bonds is 6. The minimum absolute atomic E-state index is 0.0272. The van der Waals surface area contributed by atoms with Crippen LogP contribution in [0.5, 0.6) is 0 Å². The van der Waals surface area contributed by atoms with Gasteiger partial charge in [-0.05, 0) is 52.3 Å². The smallest absolute Gasteiger partial charge is 0.258 e. The maximum absolute atomic E-state index is 12.2. The van der Waals surface area contributed by atoms with Crippen molar-refractivity contribution in [1.82, 2.24) is 10.2 Å². The summed E-state index contributed by atoms with van der Waals surface area (Å²) in [5.74, 6) is -0.0721. The highest BCUT2D eigenvalue weighted by Gasteiger charge is 2.14. The second-order valence-electron chi connectivity index (χ2n) is 5.03. The zero-order valence-corrected chi connectivity index (χ0v) is 17.1. The lowest BCUT2D eigenvalue weighted by Gasteiger charge is -2.02. The van der Waals surface area contributed by atoms with E-state index in [0.717, 1.165) is 0 Å². The standard InChI is InChI=1S/C17H11BrClN3O2S2/c18-13-4-2-1-3-12(13)15(24)20-16-21-22-17(26-16)25-9-14(23)10-5-7-11(19)8-6-10/h1-8H,9H2,(H,20,21,24). The van der Waals surface area contributed by atoms with Crippen molar-refractivity contribution in [2.24, 2.45) is 0 Å². The fraction of sp³-hybridized carbons (Fsp3) is 0.0588. The Hall–Kier alpha value is -1.74. The Balaban J connectivity index is 1.58. The van der Waals surface area contributed by atoms with Gasteiger partial charge in [-0.2, -0.15) is 0 Å². The molecule has 0 saturated carbocycles. The van der Waals surface area contributed by atoms with E-state index >= 15 is 0 Å². The zero-order valence-electron chi connectivity index (χ0n) is 13.1. The van der Waals surface area contributed by atoms with E-state index in [2.05, 4.69) is 31.4 Å². The normalized spacial score (nSPS) is 10.5. The van der Waals surface area contributed by atoms with E-state index in [9.17, 15) is 9.59 Å². The fourth-order valence-corrected chi connectivity index (χ4v) is 4.21. The van der Waals surface area contributed by atoms with Crippen molar-refractivity contribution in [1.29, 1.82) is 0 Å². The van der Waals surface area contributed by atoms with Crippen LogP contribution in [-0.2, 0) is 0 Å². The summed E-state index contributed by atoms with van der Waals surface area (Å²) in [6, 6.07) is 13.9. The molecule has 9 heteroatoms. The lowest BCUT2D eigenvalue weighted by Crippen LogP contribution is -2.12. The van der Waals surface area contributed by atoms with Gasteiger partial charge in [-0.25, -0.2) is 0 Å². The summed E-state index contributed by atoms with van der Waals surface area (Å²) >= 11 is 11.7. The Morgan fingerprint density at radius 1 is 1.12 bits per heavy atom. The first kappa shape index (κ1) is 19.0. The molecule has 132 valence electrons. The summed E-state index contributed by atoms with van der Waals surface area (Å²) in [5, 5.41) is 11.6. The highest BCUT2D eigenvalue weighted by Crippen LogP contribution is 2.27. The number of nitrogens with zero attached hydrogens (tertiary/aromatic N) is 2. The third-order valence-corrected chi connectivity index (χ3v) is 6.15. The predicted molar refractivity (Wildman–Crippen MR) is 109 cm³/mol. The number of hydrogen-bond acceptors (Lipinski definition) is 6. The maximum Gasteiger partial charge on any atom is 0.258 e. The molecule has 0 spiro atoms. The number of benzene rings is 2. The molecule has 1 heterocycles. The number of aromatic nitrogens is 2. The first-order valence-electron chi connectivity index (χ1n) is 7.34. The molecule has 2 aromatic carbocycles. The molecule has 3 aromatic rings. The Morgan fingerprint density at radius 3 is 2.58 bits per heavy atom. The first-order chi connectivity index (χ1) is 12.5. The predicted octanol–water partition coefficient (Wildman–Crippen LogP) is 5.18. The molecule has 0 aliphatic heterocycles. The van der Waals surface area contributed by atoms with Crippen LogP contribution in [0.3, 0.4) is 0 Å². The second kappa shape index (κ2) is 8.77. The number of halogens is 2. The van der Waals surface area contributed by atoms with Gasteiger partial charge in [0.1, 0.15) is 0 Å². The Morgan fingerprint density at radius 2 is 1.85 bits per heavy atom. The van der Waals surface area contributed by atoms with Gasteiger partial charge in [0.2, 0.25) is 5.13 Å². The Bertz CT molecular complexity index is 947. The Labute approximate surface area is 171 Å². The van der Waals surface area contributed by atoms with Gasteiger partial charge < -0.3 is 0 Å². The number of amides is 1. The number of thioether (sulfide) groups is 1. The van der Waals surface area contributed by atoms with Crippen molar-refractivity contribution >= 4 is 67.5 Å². The molecule has 3 rings (SSSR count). The van der Waals surface area contributed by atoms with Gasteiger partial charge in [0.15, 0.2) is 10.1 Å². The van der Waals surface area contributed by atoms with Crippen molar-refractivity contribution in [2.45, 2.75) is 4.34 Å². The van der Waals surface area contributed by atoms with Gasteiger partial charge in [0.05, 0.1) is 11.3 Å². The summed E-state index contributed by atoms with van der Waals surface area (Å²) in [6.07, 6.45) is 0. The number of anilines is 1. The molecule has 1 amide bonds. The average Bonchev–Trinajstić information content (AvgIpc) is 3.08. The molecule has 0 saturated heterocycles. The number of carbonyl (C=O) groups is 2. The number of carbonyl (C=O) groups excluding carboxylic acids is 2. The van der Waals surface area contributed by atoms with Crippen LogP contribution in [0.25, 0.3) is 0 Å². The summed E-state index contributed by atoms with van der Waals surface area (Å²) in [5.41, 5.74) is 1.10. The van der Waals surface area contributed by atoms with Crippen molar-refractivity contribution < 1.29 is 9.59 Å². The van der Waals surface area contributed by atoms with E-state index in [1.54, 1.807) is 42.5 Å². The van der Waals surface area contributed by atoms with E-state index in [0.29, 0.717) is 30.1 Å². The molecule has 0 atom stereocenters. The van der Waals surface area contributed by atoms with E-state index < -0.39 is 0 Å². The molecule has 1 N–H and O–H groups in total. The molecule has 5 nitrogen and oxygen atoms in total. The van der Waals surface area contributed by atoms with Crippen LogP contribution in [0.15, 0.2) is 57.3 Å². The summed E-state index contributed by atoms with van der Waals surface area (Å²) in [6.45, 7) is 0. The lowest BCUT2D eigenvalue weighted by atomic mass is 10.1. The van der Waals surface area contributed by atoms with Crippen LogP contribution in [0.2, 0.25) is 5.02 Å². The monoisotopic (exact) mass is 467 g/mol. The molecular formula is C17H11BrClN3O2S2. The summed E-state index contributed by atoms with van der Waals surface area (Å²) < 4.78 is 1.31. The van der Waals surface area contributed by atoms with Gasteiger partial charge in [0.25, 0.3) is 5.91 Å². The molecular weight excluding hydrogens is 458 g/mol. The average molecular weight is 469 g/mol. The second-order valence-corrected chi connectivity index (χ2v) is 8.52. The number of Topliss-reactive ketones (excluding diaryl/α,β-unsaturated/α-hetero) is 1. The van der Waals surface area contributed by atoms with Crippen molar-refractivity contribution in [3.05, 3.63) is 69.2 Å². The minimum Gasteiger partial charge on any atom is -0.296 e. The largest absolute Gasteiger partial charge is 0.296 e. The first-order valence-corrected chi connectivity index (χ1v) is 10.3. The van der Waals surface area contributed by atoms with Crippen molar-refractivity contribution in [2.75, 3.05) is 11.1 Å². The summed E-state index contributed by atoms with van der Waals surface area (Å²) in [7, 11) is 0. The van der Waals surface area contributed by atoms with Crippen LogP contribution in [-0.4, -0.2) is 27.6 Å². The minimum atomic E-state index is -0.276. The van der Waals surface area contributed by atoms with Gasteiger partial charge in [0, 0.05) is 15.1 Å². The van der Waals surface area contributed by atoms with Gasteiger partial charge >= 0.3 is 0 Å². The topological polar surface area (TPSA) is 72.0 Å². The third-order valence-electron chi connectivity index (χ3n) is 3.24. The van der Waals surface area contributed by atoms with Crippen LogP contribution < -0.4 is 5.32 Å². The molecule has 0 aliphatic carbocycles. The highest BCUT2D eigenvalue weighted by atomic mass is 79.9. The molecule has 1 aromatic heterocycles. The van der Waals surface area contributed by atoms with E-state index in [4.69, 9.17) is 11.6 Å². The van der Waals surface area contributed by atoms with Crippen LogP contribution >= 0.6 is 50.6 Å². The van der Waals surface area contributed by atoms with Crippen LogP contribution in [0.1, 0.15) is 20.7 Å². The highest BCUT2D eigenvalue weighted by molar-refractivity contribution is 9.10. The quantitative estimate of drug-likeness (QED) is 0.306. The third kappa shape index (κ3) is 4.91. The Kier molecular flexibility index (Phi) is 6.42. The van der Waals surface area contributed by atoms with Crippen molar-refractivity contribution in [3.63, 3.8) is 0 Å². The lowest BCUT2D eigenvalue weighted by molar-refractivity contribution is 0.101. The maximum atomic E-state index is 12.2. The molecule has 0 fully saturated rings. The molecule has 0 aliphatic rings. The van der Waals surface area contributed by atoms with Crippen LogP contribution in [0.4, 0.5) is 5.13 Å². The van der Waals surface area contributed by atoms with Gasteiger partial charge in [-0.1, -0.05) is 46.8 Å². The van der Waals surface area contributed by atoms with Gasteiger partial charge in [-0.3, -0.25) is 14.9 Å². The molecule has 26 heavy (non-hydrogen) atoms. The molecule has 0 bridgehead atoms. The van der Waals surface area contributed by atoms with E-state index in [-0.39, 0.29) is 17.4 Å². The zero-order chi connectivity index (χ0) is 18.5.